The summed E-state index contributed by atoms with van der Waals surface area (Å²) in [5.74, 6) is 1.44. The lowest BCUT2D eigenvalue weighted by Crippen LogP contribution is -2.48. The molecule has 2 aliphatic rings. The minimum Gasteiger partial charge on any atom is -0.497 e. The molecule has 2 heterocycles. The zero-order valence-corrected chi connectivity index (χ0v) is 19.4. The largest absolute Gasteiger partial charge is 0.497 e. The van der Waals surface area contributed by atoms with Crippen LogP contribution in [0.1, 0.15) is 29.2 Å². The fourth-order valence-corrected chi connectivity index (χ4v) is 4.27. The van der Waals surface area contributed by atoms with Crippen molar-refractivity contribution < 1.29 is 14.3 Å². The molecule has 7 nitrogen and oxygen atoms in total. The SMILES string of the molecule is COc1ccc(C2CC(c3ccc(C)cc3)=NN2C(=O)CN2CCN(C)CC2)c(OC)c1. The minimum absolute atomic E-state index is 0.0135. The normalized spacial score (nSPS) is 19.7. The number of nitrogens with zero attached hydrogens (tertiary/aromatic N) is 4. The smallest absolute Gasteiger partial charge is 0.257 e. The highest BCUT2D eigenvalue weighted by atomic mass is 16.5. The average Bonchev–Trinajstić information content (AvgIpc) is 3.26. The first-order chi connectivity index (χ1) is 15.5. The number of hydrogen-bond acceptors (Lipinski definition) is 6. The number of carbonyl (C=O) groups excluding carboxylic acids is 1. The topological polar surface area (TPSA) is 57.6 Å². The third kappa shape index (κ3) is 4.79. The molecule has 0 aromatic heterocycles. The molecule has 170 valence electrons. The van der Waals surface area contributed by atoms with Gasteiger partial charge in [0, 0.05) is 44.2 Å². The molecule has 0 saturated carbocycles. The summed E-state index contributed by atoms with van der Waals surface area (Å²) < 4.78 is 11.0. The Hall–Kier alpha value is -2.90. The fraction of sp³-hybridized carbons (Fsp3) is 0.440. The number of hydrazone groups is 1. The summed E-state index contributed by atoms with van der Waals surface area (Å²) in [6.07, 6.45) is 0.639. The predicted molar refractivity (Wildman–Crippen MR) is 125 cm³/mol. The van der Waals surface area contributed by atoms with Crippen LogP contribution < -0.4 is 9.47 Å². The van der Waals surface area contributed by atoms with E-state index in [2.05, 4.69) is 48.0 Å². The molecule has 1 fully saturated rings. The Morgan fingerprint density at radius 3 is 2.41 bits per heavy atom. The van der Waals surface area contributed by atoms with Gasteiger partial charge in [0.1, 0.15) is 11.5 Å². The van der Waals surface area contributed by atoms with Crippen molar-refractivity contribution in [2.24, 2.45) is 5.10 Å². The fourth-order valence-electron chi connectivity index (χ4n) is 4.27. The molecule has 32 heavy (non-hydrogen) atoms. The molecule has 1 unspecified atom stereocenters. The summed E-state index contributed by atoms with van der Waals surface area (Å²) in [4.78, 5) is 17.9. The molecule has 0 spiro atoms. The summed E-state index contributed by atoms with van der Waals surface area (Å²) in [6.45, 7) is 6.16. The van der Waals surface area contributed by atoms with Crippen molar-refractivity contribution in [1.29, 1.82) is 0 Å². The molecule has 1 amide bonds. The molecular formula is C25H32N4O3. The molecule has 0 bridgehead atoms. The van der Waals surface area contributed by atoms with Gasteiger partial charge < -0.3 is 14.4 Å². The van der Waals surface area contributed by atoms with Crippen LogP contribution in [0.4, 0.5) is 0 Å². The summed E-state index contributed by atoms with van der Waals surface area (Å²) >= 11 is 0. The van der Waals surface area contributed by atoms with Crippen molar-refractivity contribution in [3.8, 4) is 11.5 Å². The highest BCUT2D eigenvalue weighted by Crippen LogP contribution is 2.39. The van der Waals surface area contributed by atoms with Gasteiger partial charge in [0.25, 0.3) is 5.91 Å². The van der Waals surface area contributed by atoms with Crippen LogP contribution in [-0.4, -0.2) is 80.4 Å². The summed E-state index contributed by atoms with van der Waals surface area (Å²) in [6, 6.07) is 13.8. The summed E-state index contributed by atoms with van der Waals surface area (Å²) in [5, 5.41) is 6.49. The molecule has 1 atom stereocenters. The maximum absolute atomic E-state index is 13.4. The molecule has 2 aliphatic heterocycles. The van der Waals surface area contributed by atoms with Gasteiger partial charge in [-0.3, -0.25) is 9.69 Å². The lowest BCUT2D eigenvalue weighted by molar-refractivity contribution is -0.134. The van der Waals surface area contributed by atoms with Crippen LogP contribution in [-0.2, 0) is 4.79 Å². The van der Waals surface area contributed by atoms with E-state index in [9.17, 15) is 4.79 Å². The maximum atomic E-state index is 13.4. The van der Waals surface area contributed by atoms with Gasteiger partial charge in [-0.1, -0.05) is 29.8 Å². The first-order valence-corrected chi connectivity index (χ1v) is 11.1. The Kier molecular flexibility index (Phi) is 6.77. The van der Waals surface area contributed by atoms with E-state index in [0.29, 0.717) is 18.7 Å². The second-order valence-corrected chi connectivity index (χ2v) is 8.56. The molecule has 0 aliphatic carbocycles. The number of ether oxygens (including phenoxy) is 2. The molecule has 7 heteroatoms. The zero-order valence-electron chi connectivity index (χ0n) is 19.4. The minimum atomic E-state index is -0.216. The number of hydrogen-bond donors (Lipinski definition) is 0. The van der Waals surface area contributed by atoms with Crippen molar-refractivity contribution in [2.75, 3.05) is 54.0 Å². The van der Waals surface area contributed by atoms with Crippen LogP contribution in [0, 0.1) is 6.92 Å². The predicted octanol–water partition coefficient (Wildman–Crippen LogP) is 2.94. The van der Waals surface area contributed by atoms with Crippen molar-refractivity contribution >= 4 is 11.6 Å². The Labute approximate surface area is 190 Å². The lowest BCUT2D eigenvalue weighted by Gasteiger charge is -2.33. The molecule has 0 radical (unpaired) electrons. The summed E-state index contributed by atoms with van der Waals surface area (Å²) in [7, 11) is 5.39. The molecule has 2 aromatic carbocycles. The standard InChI is InChI=1S/C25H32N4O3/c1-18-5-7-19(8-6-18)22-16-23(21-10-9-20(31-3)15-24(21)32-4)29(26-22)25(30)17-28-13-11-27(2)12-14-28/h5-10,15,23H,11-14,16-17H2,1-4H3. The third-order valence-corrected chi connectivity index (χ3v) is 6.31. The number of benzene rings is 2. The van der Waals surface area contributed by atoms with Gasteiger partial charge in [-0.15, -0.1) is 0 Å². The van der Waals surface area contributed by atoms with Crippen molar-refractivity contribution in [1.82, 2.24) is 14.8 Å². The van der Waals surface area contributed by atoms with Crippen LogP contribution >= 0.6 is 0 Å². The van der Waals surface area contributed by atoms with E-state index in [0.717, 1.165) is 48.8 Å². The Bertz CT molecular complexity index is 981. The zero-order chi connectivity index (χ0) is 22.7. The molecule has 0 N–H and O–H groups in total. The van der Waals surface area contributed by atoms with Gasteiger partial charge in [-0.2, -0.15) is 5.10 Å². The van der Waals surface area contributed by atoms with E-state index in [1.807, 2.05) is 18.2 Å². The van der Waals surface area contributed by atoms with E-state index in [1.165, 1.54) is 5.56 Å². The number of aryl methyl sites for hydroxylation is 1. The van der Waals surface area contributed by atoms with Crippen LogP contribution in [0.5, 0.6) is 11.5 Å². The van der Waals surface area contributed by atoms with E-state index in [1.54, 1.807) is 19.2 Å². The third-order valence-electron chi connectivity index (χ3n) is 6.31. The van der Waals surface area contributed by atoms with Gasteiger partial charge in [0.2, 0.25) is 0 Å². The monoisotopic (exact) mass is 436 g/mol. The van der Waals surface area contributed by atoms with Crippen molar-refractivity contribution in [3.63, 3.8) is 0 Å². The van der Waals surface area contributed by atoms with Crippen LogP contribution in [0.15, 0.2) is 47.6 Å². The van der Waals surface area contributed by atoms with Crippen LogP contribution in [0.3, 0.4) is 0 Å². The number of amides is 1. The molecule has 4 rings (SSSR count). The summed E-state index contributed by atoms with van der Waals surface area (Å²) in [5.41, 5.74) is 4.09. The average molecular weight is 437 g/mol. The number of methoxy groups -OCH3 is 2. The molecule has 2 aromatic rings. The first-order valence-electron chi connectivity index (χ1n) is 11.1. The van der Waals surface area contributed by atoms with Gasteiger partial charge in [-0.05, 0) is 31.7 Å². The van der Waals surface area contributed by atoms with E-state index < -0.39 is 0 Å². The van der Waals surface area contributed by atoms with Gasteiger partial charge in [-0.25, -0.2) is 5.01 Å². The van der Waals surface area contributed by atoms with Gasteiger partial charge >= 0.3 is 0 Å². The van der Waals surface area contributed by atoms with Gasteiger partial charge in [0.15, 0.2) is 0 Å². The van der Waals surface area contributed by atoms with Crippen LogP contribution in [0.2, 0.25) is 0 Å². The van der Waals surface area contributed by atoms with Crippen molar-refractivity contribution in [2.45, 2.75) is 19.4 Å². The van der Waals surface area contributed by atoms with E-state index in [4.69, 9.17) is 14.6 Å². The Morgan fingerprint density at radius 2 is 1.75 bits per heavy atom. The van der Waals surface area contributed by atoms with Crippen molar-refractivity contribution in [3.05, 3.63) is 59.2 Å². The number of piperazine rings is 1. The second-order valence-electron chi connectivity index (χ2n) is 8.56. The number of likely N-dealkylation sites (N-methyl/N-ethyl adjacent to an activating group) is 1. The van der Waals surface area contributed by atoms with E-state index >= 15 is 0 Å². The molecule has 1 saturated heterocycles. The quantitative estimate of drug-likeness (QED) is 0.697. The first kappa shape index (κ1) is 22.3. The van der Waals surface area contributed by atoms with Crippen LogP contribution in [0.25, 0.3) is 0 Å². The highest BCUT2D eigenvalue weighted by molar-refractivity contribution is 6.03. The molecular weight excluding hydrogens is 404 g/mol. The van der Waals surface area contributed by atoms with Gasteiger partial charge in [0.05, 0.1) is 32.5 Å². The maximum Gasteiger partial charge on any atom is 0.257 e. The number of rotatable bonds is 6. The Morgan fingerprint density at radius 1 is 1.03 bits per heavy atom. The lowest BCUT2D eigenvalue weighted by atomic mass is 9.97. The second kappa shape index (κ2) is 9.71. The number of carbonyl (C=O) groups is 1. The van der Waals surface area contributed by atoms with E-state index in [-0.39, 0.29) is 11.9 Å². The highest BCUT2D eigenvalue weighted by Gasteiger charge is 2.35. The Balaban J connectivity index is 1.63.